The molecule has 0 saturated carbocycles. The Morgan fingerprint density at radius 1 is 1.53 bits per heavy atom. The zero-order valence-electron chi connectivity index (χ0n) is 9.63. The van der Waals surface area contributed by atoms with E-state index in [2.05, 4.69) is 0 Å². The molecular formula is C12H15NO4. The van der Waals surface area contributed by atoms with Gasteiger partial charge >= 0.3 is 5.97 Å². The summed E-state index contributed by atoms with van der Waals surface area (Å²) in [5.74, 6) is -1.01. The van der Waals surface area contributed by atoms with E-state index in [9.17, 15) is 9.59 Å². The van der Waals surface area contributed by atoms with Crippen LogP contribution in [0.3, 0.4) is 0 Å². The molecule has 2 unspecified atom stereocenters. The highest BCUT2D eigenvalue weighted by atomic mass is 16.5. The zero-order valence-corrected chi connectivity index (χ0v) is 9.63. The smallest absolute Gasteiger partial charge is 0.337 e. The van der Waals surface area contributed by atoms with E-state index in [1.165, 1.54) is 22.9 Å². The molecule has 0 radical (unpaired) electrons. The molecule has 0 amide bonds. The predicted octanol–water partition coefficient (Wildman–Crippen LogP) is 1.29. The summed E-state index contributed by atoms with van der Waals surface area (Å²) in [7, 11) is 0. The molecule has 1 aromatic heterocycles. The second kappa shape index (κ2) is 4.71. The standard InChI is InChI=1S/C12H15NO4/c1-8-6-10(4-5-17-8)13-7-9(12(15)16)2-3-11(13)14/h2-3,7-8,10H,4-6H2,1H3,(H,15,16). The number of carboxylic acids is 1. The van der Waals surface area contributed by atoms with Gasteiger partial charge in [-0.15, -0.1) is 0 Å². The van der Waals surface area contributed by atoms with Crippen molar-refractivity contribution in [3.8, 4) is 0 Å². The number of nitrogens with zero attached hydrogens (tertiary/aromatic N) is 1. The fourth-order valence-corrected chi connectivity index (χ4v) is 2.14. The lowest BCUT2D eigenvalue weighted by molar-refractivity contribution is 0.00523. The van der Waals surface area contributed by atoms with Gasteiger partial charge in [0.05, 0.1) is 11.7 Å². The van der Waals surface area contributed by atoms with Gasteiger partial charge < -0.3 is 14.4 Å². The van der Waals surface area contributed by atoms with Crippen LogP contribution in [0.2, 0.25) is 0 Å². The highest BCUT2D eigenvalue weighted by molar-refractivity contribution is 5.87. The predicted molar refractivity (Wildman–Crippen MR) is 61.3 cm³/mol. The Hall–Kier alpha value is -1.62. The highest BCUT2D eigenvalue weighted by Gasteiger charge is 2.22. The highest BCUT2D eigenvalue weighted by Crippen LogP contribution is 2.23. The fraction of sp³-hybridized carbons (Fsp3) is 0.500. The van der Waals surface area contributed by atoms with Crippen molar-refractivity contribution >= 4 is 5.97 Å². The number of rotatable bonds is 2. The van der Waals surface area contributed by atoms with Gasteiger partial charge in [0.25, 0.3) is 5.56 Å². The minimum Gasteiger partial charge on any atom is -0.478 e. The molecular weight excluding hydrogens is 222 g/mol. The summed E-state index contributed by atoms with van der Waals surface area (Å²) in [6.45, 7) is 2.56. The van der Waals surface area contributed by atoms with Crippen LogP contribution in [0.1, 0.15) is 36.2 Å². The molecule has 1 N–H and O–H groups in total. The number of aromatic carboxylic acids is 1. The Labute approximate surface area is 98.6 Å². The molecule has 0 aliphatic carbocycles. The maximum Gasteiger partial charge on any atom is 0.337 e. The Balaban J connectivity index is 2.33. The first kappa shape index (κ1) is 11.9. The molecule has 92 valence electrons. The van der Waals surface area contributed by atoms with Crippen LogP contribution in [0.4, 0.5) is 0 Å². The van der Waals surface area contributed by atoms with Gasteiger partial charge in [0.15, 0.2) is 0 Å². The molecule has 2 atom stereocenters. The summed E-state index contributed by atoms with van der Waals surface area (Å²) < 4.78 is 6.93. The van der Waals surface area contributed by atoms with Gasteiger partial charge in [-0.1, -0.05) is 0 Å². The maximum absolute atomic E-state index is 11.7. The van der Waals surface area contributed by atoms with Crippen LogP contribution in [0.25, 0.3) is 0 Å². The van der Waals surface area contributed by atoms with Crippen LogP contribution in [0.5, 0.6) is 0 Å². The second-order valence-electron chi connectivity index (χ2n) is 4.33. The van der Waals surface area contributed by atoms with Crippen LogP contribution in [0.15, 0.2) is 23.1 Å². The third-order valence-electron chi connectivity index (χ3n) is 3.04. The number of aromatic nitrogens is 1. The summed E-state index contributed by atoms with van der Waals surface area (Å²) in [6.07, 6.45) is 3.01. The molecule has 1 saturated heterocycles. The third kappa shape index (κ3) is 2.55. The zero-order chi connectivity index (χ0) is 12.4. The van der Waals surface area contributed by atoms with E-state index >= 15 is 0 Å². The van der Waals surface area contributed by atoms with Crippen molar-refractivity contribution in [2.75, 3.05) is 6.61 Å². The first-order chi connectivity index (χ1) is 8.08. The third-order valence-corrected chi connectivity index (χ3v) is 3.04. The summed E-state index contributed by atoms with van der Waals surface area (Å²) in [5, 5.41) is 8.91. The van der Waals surface area contributed by atoms with E-state index in [0.717, 1.165) is 12.8 Å². The molecule has 0 bridgehead atoms. The van der Waals surface area contributed by atoms with Gasteiger partial charge in [-0.2, -0.15) is 0 Å². The van der Waals surface area contributed by atoms with Gasteiger partial charge in [-0.25, -0.2) is 4.79 Å². The quantitative estimate of drug-likeness (QED) is 0.841. The molecule has 2 rings (SSSR count). The molecule has 1 aliphatic heterocycles. The first-order valence-corrected chi connectivity index (χ1v) is 5.65. The van der Waals surface area contributed by atoms with Crippen molar-refractivity contribution in [3.05, 3.63) is 34.2 Å². The van der Waals surface area contributed by atoms with Crippen molar-refractivity contribution < 1.29 is 14.6 Å². The van der Waals surface area contributed by atoms with E-state index in [1.807, 2.05) is 6.92 Å². The molecule has 5 heteroatoms. The largest absolute Gasteiger partial charge is 0.478 e. The average molecular weight is 237 g/mol. The van der Waals surface area contributed by atoms with Crippen molar-refractivity contribution in [3.63, 3.8) is 0 Å². The van der Waals surface area contributed by atoms with Crippen LogP contribution < -0.4 is 5.56 Å². The van der Waals surface area contributed by atoms with E-state index in [4.69, 9.17) is 9.84 Å². The minimum absolute atomic E-state index is 0.0329. The van der Waals surface area contributed by atoms with Crippen molar-refractivity contribution in [1.82, 2.24) is 4.57 Å². The number of ether oxygens (including phenoxy) is 1. The van der Waals surface area contributed by atoms with Gasteiger partial charge in [0, 0.05) is 24.9 Å². The number of hydrogen-bond donors (Lipinski definition) is 1. The van der Waals surface area contributed by atoms with Gasteiger partial charge in [-0.05, 0) is 25.8 Å². The molecule has 1 aromatic rings. The molecule has 5 nitrogen and oxygen atoms in total. The topological polar surface area (TPSA) is 68.5 Å². The summed E-state index contributed by atoms with van der Waals surface area (Å²) in [4.78, 5) is 22.6. The van der Waals surface area contributed by atoms with Crippen LogP contribution in [-0.2, 0) is 4.74 Å². The van der Waals surface area contributed by atoms with Gasteiger partial charge in [-0.3, -0.25) is 4.79 Å². The Bertz CT molecular complexity index is 480. The fourth-order valence-electron chi connectivity index (χ4n) is 2.14. The molecule has 2 heterocycles. The number of pyridine rings is 1. The molecule has 1 aliphatic rings. The summed E-state index contributed by atoms with van der Waals surface area (Å²) >= 11 is 0. The van der Waals surface area contributed by atoms with Crippen LogP contribution >= 0.6 is 0 Å². The summed E-state index contributed by atoms with van der Waals surface area (Å²) in [5.41, 5.74) is -0.0159. The van der Waals surface area contributed by atoms with Crippen molar-refractivity contribution in [2.45, 2.75) is 31.9 Å². The average Bonchev–Trinajstić information content (AvgIpc) is 2.29. The Kier molecular flexibility index (Phi) is 3.28. The number of carboxylic acid groups (broad SMARTS) is 1. The lowest BCUT2D eigenvalue weighted by Crippen LogP contribution is -2.32. The van der Waals surface area contributed by atoms with E-state index < -0.39 is 5.97 Å². The lowest BCUT2D eigenvalue weighted by atomic mass is 10.0. The van der Waals surface area contributed by atoms with E-state index in [0.29, 0.717) is 6.61 Å². The Morgan fingerprint density at radius 2 is 2.29 bits per heavy atom. The second-order valence-corrected chi connectivity index (χ2v) is 4.33. The molecule has 0 spiro atoms. The molecule has 1 fully saturated rings. The monoisotopic (exact) mass is 237 g/mol. The maximum atomic E-state index is 11.7. The molecule has 17 heavy (non-hydrogen) atoms. The van der Waals surface area contributed by atoms with Gasteiger partial charge in [0.1, 0.15) is 0 Å². The number of hydrogen-bond acceptors (Lipinski definition) is 3. The summed E-state index contributed by atoms with van der Waals surface area (Å²) in [6, 6.07) is 2.68. The van der Waals surface area contributed by atoms with Crippen molar-refractivity contribution in [2.24, 2.45) is 0 Å². The van der Waals surface area contributed by atoms with Gasteiger partial charge in [0.2, 0.25) is 0 Å². The SMILES string of the molecule is CC1CC(n2cc(C(=O)O)ccc2=O)CCO1. The first-order valence-electron chi connectivity index (χ1n) is 5.65. The normalized spacial score (nSPS) is 24.5. The lowest BCUT2D eigenvalue weighted by Gasteiger charge is -2.28. The van der Waals surface area contributed by atoms with Crippen molar-refractivity contribution in [1.29, 1.82) is 0 Å². The number of carbonyl (C=O) groups is 1. The van der Waals surface area contributed by atoms with Crippen LogP contribution in [0, 0.1) is 0 Å². The minimum atomic E-state index is -1.01. The van der Waals surface area contributed by atoms with Crippen LogP contribution in [-0.4, -0.2) is 28.4 Å². The van der Waals surface area contributed by atoms with E-state index in [-0.39, 0.29) is 23.3 Å². The molecule has 0 aromatic carbocycles. The van der Waals surface area contributed by atoms with E-state index in [1.54, 1.807) is 0 Å². The Morgan fingerprint density at radius 3 is 2.94 bits per heavy atom.